The van der Waals surface area contributed by atoms with Gasteiger partial charge in [-0.1, -0.05) is 11.6 Å². The topological polar surface area (TPSA) is 51.2 Å². The van der Waals surface area contributed by atoms with E-state index in [-0.39, 0.29) is 11.3 Å². The third-order valence-electron chi connectivity index (χ3n) is 3.11. The molecule has 0 saturated heterocycles. The largest absolute Gasteiger partial charge is 0.492 e. The van der Waals surface area contributed by atoms with Crippen LogP contribution in [0.1, 0.15) is 28.7 Å². The van der Waals surface area contributed by atoms with E-state index in [4.69, 9.17) is 16.3 Å². The van der Waals surface area contributed by atoms with Gasteiger partial charge in [0, 0.05) is 5.02 Å². The van der Waals surface area contributed by atoms with Gasteiger partial charge in [0.25, 0.3) is 5.91 Å². The number of halogens is 4. The molecule has 1 amide bonds. The predicted octanol–water partition coefficient (Wildman–Crippen LogP) is 4.71. The second-order valence-electron chi connectivity index (χ2n) is 4.85. The molecule has 4 nitrogen and oxygen atoms in total. The van der Waals surface area contributed by atoms with Crippen molar-refractivity contribution in [1.29, 1.82) is 0 Å². The van der Waals surface area contributed by atoms with Crippen molar-refractivity contribution in [1.82, 2.24) is 4.98 Å². The fourth-order valence-electron chi connectivity index (χ4n) is 2.03. The van der Waals surface area contributed by atoms with Crippen molar-refractivity contribution in [2.24, 2.45) is 0 Å². The van der Waals surface area contributed by atoms with Crippen molar-refractivity contribution in [3.8, 4) is 5.75 Å². The lowest BCUT2D eigenvalue weighted by Gasteiger charge is -2.13. The Kier molecular flexibility index (Phi) is 5.33. The molecule has 1 aromatic carbocycles. The molecule has 24 heavy (non-hydrogen) atoms. The number of aryl methyl sites for hydroxylation is 1. The van der Waals surface area contributed by atoms with Gasteiger partial charge in [-0.15, -0.1) is 0 Å². The number of amides is 1. The maximum absolute atomic E-state index is 12.6. The maximum atomic E-state index is 12.6. The standard InChI is InChI=1S/C16H14ClF3N2O2/c1-3-24-13-6-4-10(17)8-12(13)22-15(23)11-5-7-14(16(18,19)20)21-9(11)2/h4-8H,3H2,1-2H3,(H,22,23). The van der Waals surface area contributed by atoms with Gasteiger partial charge in [0.2, 0.25) is 0 Å². The summed E-state index contributed by atoms with van der Waals surface area (Å²) in [6.45, 7) is 3.50. The minimum absolute atomic E-state index is 0.0256. The quantitative estimate of drug-likeness (QED) is 0.860. The van der Waals surface area contributed by atoms with Crippen LogP contribution in [0.3, 0.4) is 0 Å². The van der Waals surface area contributed by atoms with Gasteiger partial charge < -0.3 is 10.1 Å². The van der Waals surface area contributed by atoms with Crippen LogP contribution in [0.5, 0.6) is 5.75 Å². The van der Waals surface area contributed by atoms with Gasteiger partial charge in [-0.25, -0.2) is 4.98 Å². The second-order valence-corrected chi connectivity index (χ2v) is 5.29. The first-order valence-corrected chi connectivity index (χ1v) is 7.38. The Hall–Kier alpha value is -2.28. The van der Waals surface area contributed by atoms with E-state index in [1.807, 2.05) is 0 Å². The summed E-state index contributed by atoms with van der Waals surface area (Å²) in [7, 11) is 0. The first-order chi connectivity index (χ1) is 11.2. The summed E-state index contributed by atoms with van der Waals surface area (Å²) >= 11 is 5.90. The molecule has 0 saturated carbocycles. The Bertz CT molecular complexity index is 763. The predicted molar refractivity (Wildman–Crippen MR) is 84.6 cm³/mol. The number of alkyl halides is 3. The molecule has 1 N–H and O–H groups in total. The summed E-state index contributed by atoms with van der Waals surface area (Å²) in [6, 6.07) is 6.55. The minimum atomic E-state index is -4.56. The van der Waals surface area contributed by atoms with Crippen LogP contribution in [0, 0.1) is 6.92 Å². The Morgan fingerprint density at radius 3 is 2.58 bits per heavy atom. The molecule has 0 aliphatic rings. The number of carbonyl (C=O) groups excluding carboxylic acids is 1. The van der Waals surface area contributed by atoms with E-state index in [0.717, 1.165) is 12.1 Å². The van der Waals surface area contributed by atoms with Crippen molar-refractivity contribution in [2.45, 2.75) is 20.0 Å². The number of pyridine rings is 1. The van der Waals surface area contributed by atoms with Crippen LogP contribution in [-0.4, -0.2) is 17.5 Å². The van der Waals surface area contributed by atoms with Gasteiger partial charge in [0.1, 0.15) is 11.4 Å². The number of ether oxygens (including phenoxy) is 1. The molecule has 0 bridgehead atoms. The number of hydrogen-bond acceptors (Lipinski definition) is 3. The molecule has 1 aromatic heterocycles. The number of aromatic nitrogens is 1. The zero-order valence-corrected chi connectivity index (χ0v) is 13.6. The number of anilines is 1. The zero-order chi connectivity index (χ0) is 17.9. The highest BCUT2D eigenvalue weighted by molar-refractivity contribution is 6.31. The molecule has 128 valence electrons. The highest BCUT2D eigenvalue weighted by Gasteiger charge is 2.33. The average molecular weight is 359 g/mol. The minimum Gasteiger partial charge on any atom is -0.492 e. The Morgan fingerprint density at radius 1 is 1.29 bits per heavy atom. The summed E-state index contributed by atoms with van der Waals surface area (Å²) in [6.07, 6.45) is -4.56. The molecule has 0 radical (unpaired) electrons. The zero-order valence-electron chi connectivity index (χ0n) is 12.9. The van der Waals surface area contributed by atoms with Crippen LogP contribution in [-0.2, 0) is 6.18 Å². The summed E-state index contributed by atoms with van der Waals surface area (Å²) in [5.74, 6) is -0.190. The van der Waals surface area contributed by atoms with Crippen LogP contribution in [0.4, 0.5) is 18.9 Å². The van der Waals surface area contributed by atoms with Gasteiger partial charge in [-0.2, -0.15) is 13.2 Å². The lowest BCUT2D eigenvalue weighted by molar-refractivity contribution is -0.141. The van der Waals surface area contributed by atoms with Gasteiger partial charge in [0.15, 0.2) is 0 Å². The van der Waals surface area contributed by atoms with Crippen LogP contribution in [0.2, 0.25) is 5.02 Å². The fourth-order valence-corrected chi connectivity index (χ4v) is 2.20. The third kappa shape index (κ3) is 4.17. The lowest BCUT2D eigenvalue weighted by atomic mass is 10.1. The molecule has 0 spiro atoms. The maximum Gasteiger partial charge on any atom is 0.433 e. The van der Waals surface area contributed by atoms with Crippen LogP contribution in [0.25, 0.3) is 0 Å². The molecular formula is C16H14ClF3N2O2. The number of rotatable bonds is 4. The number of hydrogen-bond donors (Lipinski definition) is 1. The second kappa shape index (κ2) is 7.09. The van der Waals surface area contributed by atoms with Crippen molar-refractivity contribution >= 4 is 23.2 Å². The molecule has 0 unspecified atom stereocenters. The molecule has 0 aliphatic heterocycles. The summed E-state index contributed by atoms with van der Waals surface area (Å²) < 4.78 is 43.3. The third-order valence-corrected chi connectivity index (χ3v) is 3.35. The average Bonchev–Trinajstić information content (AvgIpc) is 2.49. The Balaban J connectivity index is 2.29. The molecule has 0 aliphatic carbocycles. The van der Waals surface area contributed by atoms with E-state index in [0.29, 0.717) is 23.1 Å². The van der Waals surface area contributed by atoms with Crippen LogP contribution in [0.15, 0.2) is 30.3 Å². The monoisotopic (exact) mass is 358 g/mol. The summed E-state index contributed by atoms with van der Waals surface area (Å²) in [5, 5.41) is 2.97. The SMILES string of the molecule is CCOc1ccc(Cl)cc1NC(=O)c1ccc(C(F)(F)F)nc1C. The van der Waals surface area contributed by atoms with Gasteiger partial charge in [-0.3, -0.25) is 4.79 Å². The number of benzene rings is 1. The van der Waals surface area contributed by atoms with E-state index < -0.39 is 17.8 Å². The van der Waals surface area contributed by atoms with E-state index in [9.17, 15) is 18.0 Å². The molecule has 2 aromatic rings. The molecular weight excluding hydrogens is 345 g/mol. The molecule has 8 heteroatoms. The Morgan fingerprint density at radius 2 is 2.00 bits per heavy atom. The van der Waals surface area contributed by atoms with Crippen LogP contribution >= 0.6 is 11.6 Å². The summed E-state index contributed by atoms with van der Waals surface area (Å²) in [4.78, 5) is 15.8. The molecule has 2 rings (SSSR count). The Labute approximate surface area is 141 Å². The lowest BCUT2D eigenvalue weighted by Crippen LogP contribution is -2.17. The fraction of sp³-hybridized carbons (Fsp3) is 0.250. The normalized spacial score (nSPS) is 11.2. The van der Waals surface area contributed by atoms with Crippen molar-refractivity contribution in [2.75, 3.05) is 11.9 Å². The highest BCUT2D eigenvalue weighted by Crippen LogP contribution is 2.30. The molecule has 1 heterocycles. The van der Waals surface area contributed by atoms with Crippen molar-refractivity contribution < 1.29 is 22.7 Å². The van der Waals surface area contributed by atoms with Gasteiger partial charge in [0.05, 0.1) is 23.6 Å². The number of nitrogens with zero attached hydrogens (tertiary/aromatic N) is 1. The van der Waals surface area contributed by atoms with Crippen LogP contribution < -0.4 is 10.1 Å². The van der Waals surface area contributed by atoms with Gasteiger partial charge >= 0.3 is 6.18 Å². The van der Waals surface area contributed by atoms with Crippen molar-refractivity contribution in [3.63, 3.8) is 0 Å². The number of nitrogens with one attached hydrogen (secondary N) is 1. The smallest absolute Gasteiger partial charge is 0.433 e. The highest BCUT2D eigenvalue weighted by atomic mass is 35.5. The van der Waals surface area contributed by atoms with E-state index in [1.165, 1.54) is 13.0 Å². The first kappa shape index (κ1) is 18.1. The van der Waals surface area contributed by atoms with Crippen molar-refractivity contribution in [3.05, 3.63) is 52.3 Å². The summed E-state index contributed by atoms with van der Waals surface area (Å²) in [5.41, 5.74) is -0.712. The van der Waals surface area contributed by atoms with E-state index in [2.05, 4.69) is 10.3 Å². The van der Waals surface area contributed by atoms with E-state index in [1.54, 1.807) is 19.1 Å². The number of carbonyl (C=O) groups is 1. The van der Waals surface area contributed by atoms with Gasteiger partial charge in [-0.05, 0) is 44.2 Å². The molecule has 0 fully saturated rings. The molecule has 0 atom stereocenters. The van der Waals surface area contributed by atoms with E-state index >= 15 is 0 Å². The first-order valence-electron chi connectivity index (χ1n) is 7.01.